The Balaban J connectivity index is 2.16. The molecule has 0 amide bonds. The van der Waals surface area contributed by atoms with Crippen LogP contribution < -0.4 is 0 Å². The first-order chi connectivity index (χ1) is 8.49. The molecule has 7 heteroatoms. The van der Waals surface area contributed by atoms with E-state index in [1.807, 2.05) is 0 Å². The van der Waals surface area contributed by atoms with Gasteiger partial charge in [-0.1, -0.05) is 23.2 Å². The number of Topliss-reactive ketones (excluding diaryl/α,β-unsaturated/α-hetero) is 1. The average molecular weight is 360 g/mol. The highest BCUT2D eigenvalue weighted by molar-refractivity contribution is 7.18. The van der Waals surface area contributed by atoms with Crippen LogP contribution in [0, 0.1) is 0 Å². The molecule has 2 atom stereocenters. The zero-order valence-corrected chi connectivity index (χ0v) is 13.4. The van der Waals surface area contributed by atoms with Crippen molar-refractivity contribution in [2.24, 2.45) is 0 Å². The second-order valence-corrected chi connectivity index (χ2v) is 7.82. The van der Waals surface area contributed by atoms with Gasteiger partial charge < -0.3 is 0 Å². The minimum absolute atomic E-state index is 0.224. The van der Waals surface area contributed by atoms with Crippen molar-refractivity contribution in [3.8, 4) is 0 Å². The highest BCUT2D eigenvalue weighted by atomic mass is 35.5. The molecule has 2 rings (SSSR count). The van der Waals surface area contributed by atoms with Gasteiger partial charge in [0.25, 0.3) is 0 Å². The van der Waals surface area contributed by atoms with Crippen molar-refractivity contribution in [2.45, 2.75) is 10.8 Å². The average Bonchev–Trinajstić information content (AvgIpc) is 2.95. The summed E-state index contributed by atoms with van der Waals surface area (Å²) in [4.78, 5) is 13.4. The van der Waals surface area contributed by atoms with Crippen LogP contribution in [0.4, 0.5) is 0 Å². The Bertz CT molecular complexity index is 563. The standard InChI is InChI=1S/C11H6Cl4OS2/c12-7-3-1-5(17-7)9(14)10(15)11(16)6-2-4-8(13)18-6/h1-4,9-10H/t9-,10-/m0/s1. The quantitative estimate of drug-likeness (QED) is 0.491. The Morgan fingerprint density at radius 1 is 1.00 bits per heavy atom. The van der Waals surface area contributed by atoms with Crippen molar-refractivity contribution < 1.29 is 4.79 Å². The number of carbonyl (C=O) groups is 1. The van der Waals surface area contributed by atoms with Gasteiger partial charge in [-0.2, -0.15) is 0 Å². The highest BCUT2D eigenvalue weighted by Crippen LogP contribution is 2.37. The van der Waals surface area contributed by atoms with Crippen molar-refractivity contribution in [1.29, 1.82) is 0 Å². The number of thiophene rings is 2. The summed E-state index contributed by atoms with van der Waals surface area (Å²) in [5, 5.41) is -1.44. The number of alkyl halides is 2. The van der Waals surface area contributed by atoms with Crippen LogP contribution in [0.3, 0.4) is 0 Å². The topological polar surface area (TPSA) is 17.1 Å². The fourth-order valence-electron chi connectivity index (χ4n) is 1.34. The first-order valence-electron chi connectivity index (χ1n) is 4.82. The third-order valence-electron chi connectivity index (χ3n) is 2.19. The van der Waals surface area contributed by atoms with Crippen LogP contribution in [-0.4, -0.2) is 11.2 Å². The molecule has 0 saturated carbocycles. The fraction of sp³-hybridized carbons (Fsp3) is 0.182. The summed E-state index contributed by atoms with van der Waals surface area (Å²) in [5.74, 6) is -0.224. The van der Waals surface area contributed by atoms with E-state index in [0.717, 1.165) is 4.88 Å². The van der Waals surface area contributed by atoms with Gasteiger partial charge in [0, 0.05) is 4.88 Å². The lowest BCUT2D eigenvalue weighted by atomic mass is 10.1. The second-order valence-electron chi connectivity index (χ2n) is 3.41. The molecule has 0 bridgehead atoms. The first-order valence-corrected chi connectivity index (χ1v) is 8.08. The van der Waals surface area contributed by atoms with Gasteiger partial charge in [-0.15, -0.1) is 45.9 Å². The molecule has 2 aromatic rings. The summed E-state index contributed by atoms with van der Waals surface area (Å²) in [6, 6.07) is 6.81. The Labute approximate surface area is 132 Å². The molecule has 1 nitrogen and oxygen atoms in total. The van der Waals surface area contributed by atoms with Crippen molar-refractivity contribution in [3.63, 3.8) is 0 Å². The minimum Gasteiger partial charge on any atom is -0.292 e. The van der Waals surface area contributed by atoms with Crippen molar-refractivity contribution in [3.05, 3.63) is 42.7 Å². The summed E-state index contributed by atoms with van der Waals surface area (Å²) < 4.78 is 1.17. The van der Waals surface area contributed by atoms with Crippen LogP contribution in [0.25, 0.3) is 0 Å². The molecule has 0 spiro atoms. The molecule has 0 aromatic carbocycles. The van der Waals surface area contributed by atoms with Gasteiger partial charge in [-0.3, -0.25) is 4.79 Å². The van der Waals surface area contributed by atoms with Gasteiger partial charge in [0.05, 0.1) is 18.9 Å². The highest BCUT2D eigenvalue weighted by Gasteiger charge is 2.28. The van der Waals surface area contributed by atoms with Gasteiger partial charge in [-0.25, -0.2) is 0 Å². The van der Waals surface area contributed by atoms with E-state index in [-0.39, 0.29) is 5.78 Å². The molecule has 0 radical (unpaired) electrons. The molecule has 0 aliphatic carbocycles. The Kier molecular flexibility index (Phi) is 4.98. The van der Waals surface area contributed by atoms with Crippen LogP contribution in [0.2, 0.25) is 8.67 Å². The van der Waals surface area contributed by atoms with E-state index in [1.165, 1.54) is 22.7 Å². The number of rotatable bonds is 4. The van der Waals surface area contributed by atoms with Crippen molar-refractivity contribution >= 4 is 74.9 Å². The van der Waals surface area contributed by atoms with Gasteiger partial charge in [0.15, 0.2) is 5.78 Å². The van der Waals surface area contributed by atoms with Crippen LogP contribution >= 0.6 is 69.1 Å². The maximum absolute atomic E-state index is 12.1. The number of hydrogen-bond acceptors (Lipinski definition) is 3. The molecule has 18 heavy (non-hydrogen) atoms. The first kappa shape index (κ1) is 14.6. The van der Waals surface area contributed by atoms with Crippen LogP contribution in [-0.2, 0) is 0 Å². The van der Waals surface area contributed by atoms with Gasteiger partial charge in [0.1, 0.15) is 5.38 Å². The molecule has 0 fully saturated rings. The molecule has 0 N–H and O–H groups in total. The van der Waals surface area contributed by atoms with E-state index >= 15 is 0 Å². The predicted molar refractivity (Wildman–Crippen MR) is 81.2 cm³/mol. The third-order valence-corrected chi connectivity index (χ3v) is 5.94. The summed E-state index contributed by atoms with van der Waals surface area (Å²) in [5.41, 5.74) is 0. The SMILES string of the molecule is O=C(c1ccc(Cl)s1)[C@@H](Cl)[C@@H](Cl)c1ccc(Cl)s1. The van der Waals surface area contributed by atoms with Crippen LogP contribution in [0.1, 0.15) is 19.9 Å². The number of hydrogen-bond donors (Lipinski definition) is 0. The molecule has 0 aliphatic heterocycles. The summed E-state index contributed by atoms with van der Waals surface area (Å²) in [7, 11) is 0. The molecule has 96 valence electrons. The van der Waals surface area contributed by atoms with Crippen LogP contribution in [0.5, 0.6) is 0 Å². The molecular formula is C11H6Cl4OS2. The Hall–Kier alpha value is 0.230. The number of ketones is 1. The normalized spacial score (nSPS) is 14.4. The van der Waals surface area contributed by atoms with E-state index in [0.29, 0.717) is 13.5 Å². The molecule has 0 saturated heterocycles. The van der Waals surface area contributed by atoms with E-state index < -0.39 is 10.8 Å². The maximum Gasteiger partial charge on any atom is 0.192 e. The van der Waals surface area contributed by atoms with E-state index in [2.05, 4.69) is 0 Å². The van der Waals surface area contributed by atoms with Crippen LogP contribution in [0.15, 0.2) is 24.3 Å². The zero-order valence-electron chi connectivity index (χ0n) is 8.70. The lowest BCUT2D eigenvalue weighted by Crippen LogP contribution is -2.18. The summed E-state index contributed by atoms with van der Waals surface area (Å²) in [6.45, 7) is 0. The molecule has 0 aliphatic rings. The monoisotopic (exact) mass is 358 g/mol. The molecular weight excluding hydrogens is 354 g/mol. The maximum atomic E-state index is 12.1. The third kappa shape index (κ3) is 3.21. The smallest absolute Gasteiger partial charge is 0.192 e. The Morgan fingerprint density at radius 3 is 2.11 bits per heavy atom. The minimum atomic E-state index is -0.837. The van der Waals surface area contributed by atoms with E-state index in [1.54, 1.807) is 24.3 Å². The van der Waals surface area contributed by atoms with Gasteiger partial charge in [-0.05, 0) is 24.3 Å². The van der Waals surface area contributed by atoms with E-state index in [4.69, 9.17) is 46.4 Å². The predicted octanol–water partition coefficient (Wildman–Crippen LogP) is 5.89. The fourth-order valence-corrected chi connectivity index (χ4v) is 4.15. The number of carbonyl (C=O) groups excluding carboxylic acids is 1. The van der Waals surface area contributed by atoms with Gasteiger partial charge in [0.2, 0.25) is 0 Å². The Morgan fingerprint density at radius 2 is 1.61 bits per heavy atom. The van der Waals surface area contributed by atoms with Crippen molar-refractivity contribution in [1.82, 2.24) is 0 Å². The zero-order chi connectivity index (χ0) is 13.3. The molecule has 0 unspecified atom stereocenters. The largest absolute Gasteiger partial charge is 0.292 e. The molecule has 2 aromatic heterocycles. The van der Waals surface area contributed by atoms with Gasteiger partial charge >= 0.3 is 0 Å². The summed E-state index contributed by atoms with van der Waals surface area (Å²) in [6.07, 6.45) is 0. The molecule has 2 heterocycles. The van der Waals surface area contributed by atoms with E-state index in [9.17, 15) is 4.79 Å². The number of halogens is 4. The second kappa shape index (κ2) is 6.12. The lowest BCUT2D eigenvalue weighted by Gasteiger charge is -2.12. The summed E-state index contributed by atoms with van der Waals surface area (Å²) >= 11 is 26.4. The lowest BCUT2D eigenvalue weighted by molar-refractivity contribution is 0.0989. The van der Waals surface area contributed by atoms with Crippen molar-refractivity contribution in [2.75, 3.05) is 0 Å².